The van der Waals surface area contributed by atoms with Crippen molar-refractivity contribution in [1.29, 1.82) is 0 Å². The number of aromatic nitrogens is 1. The first-order valence-corrected chi connectivity index (χ1v) is 9.93. The summed E-state index contributed by atoms with van der Waals surface area (Å²) in [7, 11) is -2.15. The maximum absolute atomic E-state index is 12.2. The first-order valence-electron chi connectivity index (χ1n) is 7.12. The van der Waals surface area contributed by atoms with Crippen LogP contribution < -0.4 is 10.3 Å². The third-order valence-corrected chi connectivity index (χ3v) is 5.30. The number of rotatable bonds is 7. The molecule has 1 aromatic carbocycles. The molecule has 2 N–H and O–H groups in total. The number of nitrogens with one attached hydrogen (secondary N) is 2. The summed E-state index contributed by atoms with van der Waals surface area (Å²) < 4.78 is 26.8. The molecule has 0 aliphatic heterocycles. The van der Waals surface area contributed by atoms with Crippen molar-refractivity contribution in [3.05, 3.63) is 52.3 Å². The molecule has 24 heavy (non-hydrogen) atoms. The van der Waals surface area contributed by atoms with E-state index < -0.39 is 15.9 Å². The third kappa shape index (κ3) is 4.83. The van der Waals surface area contributed by atoms with Gasteiger partial charge in [-0.05, 0) is 52.5 Å². The number of carbonyl (C=O) groups is 1. The van der Waals surface area contributed by atoms with Crippen LogP contribution in [0.3, 0.4) is 0 Å². The molecule has 0 saturated heterocycles. The zero-order valence-corrected chi connectivity index (χ0v) is 16.1. The lowest BCUT2D eigenvalue weighted by atomic mass is 10.1. The van der Waals surface area contributed by atoms with Crippen molar-refractivity contribution in [3.63, 3.8) is 0 Å². The van der Waals surface area contributed by atoms with Crippen molar-refractivity contribution in [2.24, 2.45) is 7.05 Å². The zero-order valence-electron chi connectivity index (χ0n) is 12.9. The van der Waals surface area contributed by atoms with Crippen LogP contribution in [0.5, 0.6) is 0 Å². The van der Waals surface area contributed by atoms with Crippen molar-refractivity contribution in [1.82, 2.24) is 14.8 Å². The van der Waals surface area contributed by atoms with Crippen LogP contribution in [-0.4, -0.2) is 24.8 Å². The van der Waals surface area contributed by atoms with Gasteiger partial charge in [-0.2, -0.15) is 0 Å². The maximum Gasteiger partial charge on any atom is 0.282 e. The van der Waals surface area contributed by atoms with Gasteiger partial charge in [0.15, 0.2) is 0 Å². The monoisotopic (exact) mass is 433 g/mol. The summed E-state index contributed by atoms with van der Waals surface area (Å²) in [4.78, 5) is 14.2. The smallest absolute Gasteiger partial charge is 0.282 e. The number of halogens is 2. The van der Waals surface area contributed by atoms with Crippen LogP contribution in [0.2, 0.25) is 0 Å². The second-order valence-electron chi connectivity index (χ2n) is 5.15. The van der Waals surface area contributed by atoms with E-state index in [1.807, 2.05) is 0 Å². The van der Waals surface area contributed by atoms with Gasteiger partial charge in [-0.15, -0.1) is 16.4 Å². The van der Waals surface area contributed by atoms with E-state index >= 15 is 0 Å². The number of amides is 1. The molecule has 0 aliphatic rings. The number of carbonyl (C=O) groups excluding carboxylic acids is 1. The molecule has 2 aromatic rings. The normalized spacial score (nSPS) is 11.5. The molecule has 0 spiro atoms. The standard InChI is InChI=1S/C15H17BrClN3O3S/c1-20-10-12(16)9-14(20)15(21)18-19-24(22,23)13-6-4-11(5-7-13)3-2-8-17/h4-7,9-10,19H,2-3,8H2,1H3,(H,18,21). The Balaban J connectivity index is 2.03. The Hall–Kier alpha value is -1.35. The fraction of sp³-hybridized carbons (Fsp3) is 0.267. The quantitative estimate of drug-likeness (QED) is 0.519. The lowest BCUT2D eigenvalue weighted by molar-refractivity contribution is 0.0937. The van der Waals surface area contributed by atoms with E-state index in [1.54, 1.807) is 36.0 Å². The average Bonchev–Trinajstić information content (AvgIpc) is 2.89. The van der Waals surface area contributed by atoms with Crippen molar-refractivity contribution < 1.29 is 13.2 Å². The average molecular weight is 435 g/mol. The highest BCUT2D eigenvalue weighted by atomic mass is 79.9. The highest BCUT2D eigenvalue weighted by Gasteiger charge is 2.17. The van der Waals surface area contributed by atoms with Crippen molar-refractivity contribution in [2.75, 3.05) is 5.88 Å². The highest BCUT2D eigenvalue weighted by molar-refractivity contribution is 9.10. The summed E-state index contributed by atoms with van der Waals surface area (Å²) in [5, 5.41) is 0. The number of alkyl halides is 1. The Bertz CT molecular complexity index is 819. The molecular weight excluding hydrogens is 418 g/mol. The number of hydrazine groups is 1. The fourth-order valence-electron chi connectivity index (χ4n) is 2.09. The van der Waals surface area contributed by atoms with Gasteiger partial charge in [-0.1, -0.05) is 12.1 Å². The van der Waals surface area contributed by atoms with Gasteiger partial charge < -0.3 is 4.57 Å². The number of hydrogen-bond acceptors (Lipinski definition) is 3. The molecule has 2 rings (SSSR count). The molecule has 0 fully saturated rings. The molecule has 1 amide bonds. The van der Waals surface area contributed by atoms with E-state index in [9.17, 15) is 13.2 Å². The molecule has 0 atom stereocenters. The molecule has 1 aromatic heterocycles. The second-order valence-corrected chi connectivity index (χ2v) is 8.13. The number of nitrogens with zero attached hydrogens (tertiary/aromatic N) is 1. The summed E-state index contributed by atoms with van der Waals surface area (Å²) in [6.07, 6.45) is 3.31. The van der Waals surface area contributed by atoms with Crippen LogP contribution in [0, 0.1) is 0 Å². The summed E-state index contributed by atoms with van der Waals surface area (Å²) in [6, 6.07) is 8.05. The molecular formula is C15H17BrClN3O3S. The Morgan fingerprint density at radius 2 is 1.96 bits per heavy atom. The van der Waals surface area contributed by atoms with E-state index in [1.165, 1.54) is 12.1 Å². The van der Waals surface area contributed by atoms with Crippen molar-refractivity contribution in [3.8, 4) is 0 Å². The van der Waals surface area contributed by atoms with E-state index in [0.29, 0.717) is 11.6 Å². The largest absolute Gasteiger partial charge is 0.345 e. The van der Waals surface area contributed by atoms with Crippen LogP contribution in [0.25, 0.3) is 0 Å². The summed E-state index contributed by atoms with van der Waals surface area (Å²) in [5.74, 6) is 0.00798. The lowest BCUT2D eigenvalue weighted by Gasteiger charge is -2.09. The predicted octanol–water partition coefficient (Wildman–Crippen LogP) is 2.58. The molecule has 0 bridgehead atoms. The summed E-state index contributed by atoms with van der Waals surface area (Å²) in [6.45, 7) is 0. The molecule has 0 saturated carbocycles. The SMILES string of the molecule is Cn1cc(Br)cc1C(=O)NNS(=O)(=O)c1ccc(CCCCl)cc1. The van der Waals surface area contributed by atoms with Gasteiger partial charge >= 0.3 is 0 Å². The van der Waals surface area contributed by atoms with E-state index in [0.717, 1.165) is 22.9 Å². The predicted molar refractivity (Wildman–Crippen MR) is 96.4 cm³/mol. The van der Waals surface area contributed by atoms with Gasteiger partial charge in [0.2, 0.25) is 0 Å². The van der Waals surface area contributed by atoms with Gasteiger partial charge in [0.05, 0.1) is 4.90 Å². The summed E-state index contributed by atoms with van der Waals surface area (Å²) in [5.41, 5.74) is 3.53. The lowest BCUT2D eigenvalue weighted by Crippen LogP contribution is -2.42. The number of aryl methyl sites for hydroxylation is 2. The summed E-state index contributed by atoms with van der Waals surface area (Å²) >= 11 is 8.89. The molecule has 0 radical (unpaired) electrons. The van der Waals surface area contributed by atoms with Crippen molar-refractivity contribution >= 4 is 43.5 Å². The first kappa shape index (κ1) is 19.0. The highest BCUT2D eigenvalue weighted by Crippen LogP contribution is 2.14. The van der Waals surface area contributed by atoms with Gasteiger partial charge in [0, 0.05) is 23.6 Å². The zero-order chi connectivity index (χ0) is 17.7. The number of sulfonamides is 1. The van der Waals surface area contributed by atoms with Crippen molar-refractivity contribution in [2.45, 2.75) is 17.7 Å². The van der Waals surface area contributed by atoms with Crippen LogP contribution in [0.4, 0.5) is 0 Å². The second kappa shape index (κ2) is 8.15. The van der Waals surface area contributed by atoms with Crippen LogP contribution in [0.1, 0.15) is 22.5 Å². The van der Waals surface area contributed by atoms with E-state index in [2.05, 4.69) is 26.2 Å². The maximum atomic E-state index is 12.2. The molecule has 0 unspecified atom stereocenters. The molecule has 9 heteroatoms. The number of benzene rings is 1. The number of hydrogen-bond donors (Lipinski definition) is 2. The van der Waals surface area contributed by atoms with Gasteiger partial charge in [-0.3, -0.25) is 10.2 Å². The Kier molecular flexibility index (Phi) is 6.45. The molecule has 0 aliphatic carbocycles. The van der Waals surface area contributed by atoms with Crippen LogP contribution in [0.15, 0.2) is 45.9 Å². The Morgan fingerprint density at radius 1 is 1.29 bits per heavy atom. The Labute approximate surface area is 154 Å². The third-order valence-electron chi connectivity index (χ3n) is 3.34. The minimum absolute atomic E-state index is 0.0745. The van der Waals surface area contributed by atoms with Gasteiger partial charge in [0.25, 0.3) is 15.9 Å². The minimum Gasteiger partial charge on any atom is -0.345 e. The van der Waals surface area contributed by atoms with Crippen LogP contribution >= 0.6 is 27.5 Å². The fourth-order valence-corrected chi connectivity index (χ4v) is 3.59. The van der Waals surface area contributed by atoms with E-state index in [4.69, 9.17) is 11.6 Å². The van der Waals surface area contributed by atoms with Gasteiger partial charge in [0.1, 0.15) is 5.69 Å². The van der Waals surface area contributed by atoms with Crippen LogP contribution in [-0.2, 0) is 23.5 Å². The molecule has 1 heterocycles. The Morgan fingerprint density at radius 3 is 2.50 bits per heavy atom. The first-order chi connectivity index (χ1) is 11.3. The van der Waals surface area contributed by atoms with E-state index in [-0.39, 0.29) is 4.90 Å². The molecule has 130 valence electrons. The minimum atomic E-state index is -3.84. The molecule has 6 nitrogen and oxygen atoms in total. The van der Waals surface area contributed by atoms with Gasteiger partial charge in [-0.25, -0.2) is 8.42 Å². The topological polar surface area (TPSA) is 80.2 Å².